The SMILES string of the molecule is [2H]C([2H])(CN(C)C)c1cn(C(=O)OCOC(=O)CCCCCCC/C=C\C/C=C\CCCCC)c2ccc(OC)cc12. The number of unbranched alkanes of at least 4 members (excludes halogenated alkanes) is 8. The Balaban J connectivity index is 1.69. The van der Waals surface area contributed by atoms with Crippen molar-refractivity contribution in [3.63, 3.8) is 0 Å². The average molecular weight is 557 g/mol. The smallest absolute Gasteiger partial charge is 0.421 e. The summed E-state index contributed by atoms with van der Waals surface area (Å²) in [5.41, 5.74) is 0.829. The zero-order valence-electron chi connectivity index (χ0n) is 27.0. The fourth-order valence-electron chi connectivity index (χ4n) is 4.24. The van der Waals surface area contributed by atoms with Gasteiger partial charge >= 0.3 is 12.1 Å². The van der Waals surface area contributed by atoms with Crippen LogP contribution in [0.25, 0.3) is 10.9 Å². The first-order valence-corrected chi connectivity index (χ1v) is 14.7. The summed E-state index contributed by atoms with van der Waals surface area (Å²) >= 11 is 0. The molecule has 1 heterocycles. The van der Waals surface area contributed by atoms with Crippen LogP contribution in [0.4, 0.5) is 4.79 Å². The maximum absolute atomic E-state index is 12.8. The summed E-state index contributed by atoms with van der Waals surface area (Å²) in [5, 5.41) is 0.552. The second kappa shape index (κ2) is 19.9. The van der Waals surface area contributed by atoms with Crippen molar-refractivity contribution in [3.05, 3.63) is 54.3 Å². The van der Waals surface area contributed by atoms with Crippen LogP contribution >= 0.6 is 0 Å². The Kier molecular flexibility index (Phi) is 14.9. The normalized spacial score (nSPS) is 12.8. The highest BCUT2D eigenvalue weighted by atomic mass is 16.7. The number of likely N-dealkylation sites (N-methyl/N-ethyl adjacent to an activating group) is 1. The lowest BCUT2D eigenvalue weighted by atomic mass is 10.1. The van der Waals surface area contributed by atoms with Gasteiger partial charge in [0.25, 0.3) is 0 Å². The number of esters is 1. The van der Waals surface area contributed by atoms with Gasteiger partial charge in [-0.2, -0.15) is 0 Å². The van der Waals surface area contributed by atoms with Gasteiger partial charge in [0.05, 0.1) is 12.6 Å². The fourth-order valence-corrected chi connectivity index (χ4v) is 4.24. The second-order valence-electron chi connectivity index (χ2n) is 10.2. The van der Waals surface area contributed by atoms with Gasteiger partial charge in [0.2, 0.25) is 6.79 Å². The molecule has 0 radical (unpaired) electrons. The molecule has 0 aliphatic heterocycles. The Labute approximate surface area is 244 Å². The predicted molar refractivity (Wildman–Crippen MR) is 163 cm³/mol. The zero-order chi connectivity index (χ0) is 30.8. The van der Waals surface area contributed by atoms with E-state index in [1.165, 1.54) is 43.6 Å². The van der Waals surface area contributed by atoms with Crippen LogP contribution in [0.15, 0.2) is 48.7 Å². The van der Waals surface area contributed by atoms with Crippen LogP contribution in [0, 0.1) is 0 Å². The largest absolute Gasteiger partial charge is 0.497 e. The summed E-state index contributed by atoms with van der Waals surface area (Å²) in [6.45, 7) is 1.86. The first-order valence-electron chi connectivity index (χ1n) is 15.7. The van der Waals surface area contributed by atoms with E-state index in [4.69, 9.17) is 17.0 Å². The van der Waals surface area contributed by atoms with Crippen molar-refractivity contribution >= 4 is 23.0 Å². The van der Waals surface area contributed by atoms with E-state index in [0.29, 0.717) is 22.2 Å². The molecule has 0 fully saturated rings. The van der Waals surface area contributed by atoms with Gasteiger partial charge in [0, 0.05) is 27.3 Å². The molecule has 0 N–H and O–H groups in total. The molecule has 0 saturated heterocycles. The summed E-state index contributed by atoms with van der Waals surface area (Å²) in [6, 6.07) is 5.08. The van der Waals surface area contributed by atoms with Crippen LogP contribution in [0.2, 0.25) is 0 Å². The van der Waals surface area contributed by atoms with E-state index in [2.05, 4.69) is 31.2 Å². The maximum Gasteiger partial charge on any atom is 0.421 e. The molecule has 0 amide bonds. The predicted octanol–water partition coefficient (Wildman–Crippen LogP) is 8.05. The van der Waals surface area contributed by atoms with Gasteiger partial charge < -0.3 is 19.1 Å². The van der Waals surface area contributed by atoms with Crippen LogP contribution in [-0.4, -0.2) is 56.1 Å². The quantitative estimate of drug-likeness (QED) is 0.0711. The number of allylic oxidation sites excluding steroid dienone is 4. The molecule has 222 valence electrons. The molecule has 1 aromatic heterocycles. The standard InChI is InChI=1S/C33H50N2O5/c1-5-6-7-8-9-10-11-12-13-14-15-16-17-18-19-20-32(36)39-27-40-33(37)35-26-28(23-24-34(2)3)30-25-29(38-4)21-22-31(30)35/h9-10,12-13,21-22,25-26H,5-8,11,14-20,23-24,27H2,1-4H3/b10-9-,13-12-/i23D2. The maximum atomic E-state index is 12.8. The molecule has 0 aliphatic carbocycles. The number of rotatable bonds is 20. The van der Waals surface area contributed by atoms with Crippen molar-refractivity contribution in [2.45, 2.75) is 90.3 Å². The number of fused-ring (bicyclic) bond motifs is 1. The Bertz CT molecular complexity index is 1160. The number of hydrogen-bond acceptors (Lipinski definition) is 6. The number of methoxy groups -OCH3 is 1. The van der Waals surface area contributed by atoms with Gasteiger partial charge in [0.15, 0.2) is 0 Å². The number of benzene rings is 1. The molecule has 0 atom stereocenters. The molecule has 0 bridgehead atoms. The Hall–Kier alpha value is -3.06. The molecule has 0 spiro atoms. The number of nitrogens with zero attached hydrogens (tertiary/aromatic N) is 2. The summed E-state index contributed by atoms with van der Waals surface area (Å²) in [6.07, 6.45) is 20.4. The van der Waals surface area contributed by atoms with E-state index < -0.39 is 25.2 Å². The number of carbonyl (C=O) groups excluding carboxylic acids is 2. The number of ether oxygens (including phenoxy) is 3. The first-order chi connectivity index (χ1) is 20.2. The average Bonchev–Trinajstić information content (AvgIpc) is 3.34. The topological polar surface area (TPSA) is 70.0 Å². The van der Waals surface area contributed by atoms with Gasteiger partial charge in [-0.05, 0) is 82.8 Å². The lowest BCUT2D eigenvalue weighted by Crippen LogP contribution is -2.17. The van der Waals surface area contributed by atoms with E-state index in [9.17, 15) is 9.59 Å². The van der Waals surface area contributed by atoms with Gasteiger partial charge in [-0.1, -0.05) is 63.3 Å². The Morgan fingerprint density at radius 3 is 2.35 bits per heavy atom. The molecule has 7 nitrogen and oxygen atoms in total. The fraction of sp³-hybridized carbons (Fsp3) is 0.576. The van der Waals surface area contributed by atoms with Gasteiger partial charge in [0.1, 0.15) is 5.75 Å². The van der Waals surface area contributed by atoms with E-state index >= 15 is 0 Å². The number of aromatic nitrogens is 1. The minimum absolute atomic E-state index is 0.129. The molecule has 1 aromatic carbocycles. The summed E-state index contributed by atoms with van der Waals surface area (Å²) in [5.74, 6) is 0.149. The van der Waals surface area contributed by atoms with E-state index in [-0.39, 0.29) is 13.0 Å². The third-order valence-corrected chi connectivity index (χ3v) is 6.53. The molecule has 2 rings (SSSR count). The molecule has 7 heteroatoms. The third kappa shape index (κ3) is 12.9. The van der Waals surface area contributed by atoms with Crippen LogP contribution in [0.1, 0.15) is 92.3 Å². The van der Waals surface area contributed by atoms with Crippen molar-refractivity contribution in [1.29, 1.82) is 0 Å². The number of hydrogen-bond donors (Lipinski definition) is 0. The second-order valence-corrected chi connectivity index (χ2v) is 10.2. The van der Waals surface area contributed by atoms with Crippen molar-refractivity contribution in [3.8, 4) is 5.75 Å². The molecular formula is C33H50N2O5. The highest BCUT2D eigenvalue weighted by Crippen LogP contribution is 2.27. The molecular weight excluding hydrogens is 504 g/mol. The van der Waals surface area contributed by atoms with Gasteiger partial charge in [-0.15, -0.1) is 0 Å². The monoisotopic (exact) mass is 556 g/mol. The van der Waals surface area contributed by atoms with E-state index in [1.54, 1.807) is 37.2 Å². The van der Waals surface area contributed by atoms with Crippen molar-refractivity contribution < 1.29 is 26.5 Å². The van der Waals surface area contributed by atoms with Crippen molar-refractivity contribution in [2.75, 3.05) is 34.5 Å². The molecule has 2 aromatic rings. The third-order valence-electron chi connectivity index (χ3n) is 6.53. The van der Waals surface area contributed by atoms with Crippen LogP contribution in [-0.2, 0) is 20.6 Å². The number of carbonyl (C=O) groups is 2. The zero-order valence-corrected chi connectivity index (χ0v) is 25.0. The summed E-state index contributed by atoms with van der Waals surface area (Å²) in [7, 11) is 5.11. The van der Waals surface area contributed by atoms with Crippen LogP contribution in [0.3, 0.4) is 0 Å². The minimum Gasteiger partial charge on any atom is -0.497 e. The molecule has 0 unspecified atom stereocenters. The first kappa shape index (κ1) is 29.9. The summed E-state index contributed by atoms with van der Waals surface area (Å²) < 4.78 is 34.0. The molecule has 0 aliphatic rings. The van der Waals surface area contributed by atoms with Crippen LogP contribution < -0.4 is 4.74 Å². The molecule has 0 saturated carbocycles. The highest BCUT2D eigenvalue weighted by molar-refractivity contribution is 5.92. The Morgan fingerprint density at radius 1 is 0.950 bits per heavy atom. The van der Waals surface area contributed by atoms with Gasteiger partial charge in [-0.3, -0.25) is 9.36 Å². The highest BCUT2D eigenvalue weighted by Gasteiger charge is 2.16. The Morgan fingerprint density at radius 2 is 1.65 bits per heavy atom. The molecule has 40 heavy (non-hydrogen) atoms. The minimum atomic E-state index is -1.73. The van der Waals surface area contributed by atoms with E-state index in [0.717, 1.165) is 44.9 Å². The summed E-state index contributed by atoms with van der Waals surface area (Å²) in [4.78, 5) is 26.7. The lowest BCUT2D eigenvalue weighted by Gasteiger charge is -2.08. The van der Waals surface area contributed by atoms with Gasteiger partial charge in [-0.25, -0.2) is 4.79 Å². The van der Waals surface area contributed by atoms with Crippen molar-refractivity contribution in [1.82, 2.24) is 9.47 Å². The lowest BCUT2D eigenvalue weighted by molar-refractivity contribution is -0.151. The van der Waals surface area contributed by atoms with E-state index in [1.807, 2.05) is 0 Å². The van der Waals surface area contributed by atoms with Crippen LogP contribution in [0.5, 0.6) is 5.75 Å². The van der Waals surface area contributed by atoms with Crippen molar-refractivity contribution in [2.24, 2.45) is 0 Å².